The van der Waals surface area contributed by atoms with Gasteiger partial charge >= 0.3 is 0 Å². The first kappa shape index (κ1) is 20.7. The maximum absolute atomic E-state index is 9.83. The van der Waals surface area contributed by atoms with Gasteiger partial charge in [0.2, 0.25) is 0 Å². The molecule has 0 rings (SSSR count). The highest BCUT2D eigenvalue weighted by atomic mass is 16.3. The number of allylic oxidation sites excluding steroid dienone is 1. The van der Waals surface area contributed by atoms with Crippen LogP contribution in [0.5, 0.6) is 0 Å². The fourth-order valence-electron chi connectivity index (χ4n) is 2.59. The third-order valence-corrected chi connectivity index (χ3v) is 4.04. The number of unbranched alkanes of at least 4 members (excludes halogenated alkanes) is 10. The van der Waals surface area contributed by atoms with E-state index in [-0.39, 0.29) is 6.10 Å². The number of hydrogen-bond donors (Lipinski definition) is 2. The molecular formula is C19H39NO. The van der Waals surface area contributed by atoms with Gasteiger partial charge < -0.3 is 10.8 Å². The molecule has 0 aromatic carbocycles. The third kappa shape index (κ3) is 17.6. The molecule has 0 amide bonds. The average molecular weight is 298 g/mol. The predicted molar refractivity (Wildman–Crippen MR) is 94.5 cm³/mol. The Labute approximate surface area is 133 Å². The Morgan fingerprint density at radius 1 is 0.810 bits per heavy atom. The molecule has 0 aliphatic rings. The Balaban J connectivity index is 3.20. The van der Waals surface area contributed by atoms with Crippen LogP contribution in [0, 0.1) is 0 Å². The quantitative estimate of drug-likeness (QED) is 0.298. The summed E-state index contributed by atoms with van der Waals surface area (Å²) < 4.78 is 0. The molecule has 0 saturated heterocycles. The molecule has 0 aromatic rings. The molecule has 126 valence electrons. The van der Waals surface area contributed by atoms with Gasteiger partial charge in [-0.1, -0.05) is 76.9 Å². The van der Waals surface area contributed by atoms with Gasteiger partial charge in [0.1, 0.15) is 0 Å². The SMILES string of the molecule is CCCCCCC(O)C/C=C/CCCCCCCCCN. The molecule has 0 heterocycles. The maximum atomic E-state index is 9.83. The van der Waals surface area contributed by atoms with Crippen molar-refractivity contribution in [3.63, 3.8) is 0 Å². The van der Waals surface area contributed by atoms with Gasteiger partial charge in [-0.2, -0.15) is 0 Å². The van der Waals surface area contributed by atoms with Crippen molar-refractivity contribution in [1.29, 1.82) is 0 Å². The van der Waals surface area contributed by atoms with Gasteiger partial charge in [0.05, 0.1) is 6.10 Å². The molecule has 0 saturated carbocycles. The molecule has 0 aromatic heterocycles. The number of nitrogens with two attached hydrogens (primary N) is 1. The van der Waals surface area contributed by atoms with E-state index < -0.39 is 0 Å². The molecule has 1 atom stereocenters. The van der Waals surface area contributed by atoms with E-state index >= 15 is 0 Å². The van der Waals surface area contributed by atoms with Crippen LogP contribution in [0.4, 0.5) is 0 Å². The molecule has 0 bridgehead atoms. The van der Waals surface area contributed by atoms with E-state index in [1.54, 1.807) is 0 Å². The van der Waals surface area contributed by atoms with Gasteiger partial charge in [-0.05, 0) is 38.6 Å². The summed E-state index contributed by atoms with van der Waals surface area (Å²) in [6, 6.07) is 0. The zero-order valence-electron chi connectivity index (χ0n) is 14.4. The Morgan fingerprint density at radius 2 is 1.43 bits per heavy atom. The van der Waals surface area contributed by atoms with Gasteiger partial charge in [-0.3, -0.25) is 0 Å². The Morgan fingerprint density at radius 3 is 2.10 bits per heavy atom. The zero-order valence-corrected chi connectivity index (χ0v) is 14.4. The van der Waals surface area contributed by atoms with Crippen LogP contribution < -0.4 is 5.73 Å². The molecule has 0 aliphatic heterocycles. The molecule has 2 heteroatoms. The van der Waals surface area contributed by atoms with Gasteiger partial charge in [0.15, 0.2) is 0 Å². The highest BCUT2D eigenvalue weighted by Gasteiger charge is 2.00. The molecule has 0 spiro atoms. The summed E-state index contributed by atoms with van der Waals surface area (Å²) in [6.07, 6.45) is 21.5. The number of hydrogen-bond acceptors (Lipinski definition) is 2. The monoisotopic (exact) mass is 297 g/mol. The van der Waals surface area contributed by atoms with E-state index in [9.17, 15) is 5.11 Å². The molecule has 1 unspecified atom stereocenters. The van der Waals surface area contributed by atoms with Crippen molar-refractivity contribution in [2.75, 3.05) is 6.54 Å². The van der Waals surface area contributed by atoms with Crippen LogP contribution in [0.3, 0.4) is 0 Å². The lowest BCUT2D eigenvalue weighted by molar-refractivity contribution is 0.163. The molecule has 3 N–H and O–H groups in total. The summed E-state index contributed by atoms with van der Waals surface area (Å²) in [4.78, 5) is 0. The fourth-order valence-corrected chi connectivity index (χ4v) is 2.59. The highest BCUT2D eigenvalue weighted by Crippen LogP contribution is 2.10. The van der Waals surface area contributed by atoms with Crippen LogP contribution in [0.25, 0.3) is 0 Å². The lowest BCUT2D eigenvalue weighted by Crippen LogP contribution is -2.04. The Hall–Kier alpha value is -0.340. The molecule has 2 nitrogen and oxygen atoms in total. The van der Waals surface area contributed by atoms with Gasteiger partial charge in [0.25, 0.3) is 0 Å². The third-order valence-electron chi connectivity index (χ3n) is 4.04. The van der Waals surface area contributed by atoms with Crippen molar-refractivity contribution >= 4 is 0 Å². The largest absolute Gasteiger partial charge is 0.393 e. The molecule has 0 radical (unpaired) electrons. The fraction of sp³-hybridized carbons (Fsp3) is 0.895. The second kappa shape index (κ2) is 17.7. The lowest BCUT2D eigenvalue weighted by atomic mass is 10.1. The van der Waals surface area contributed by atoms with E-state index in [0.717, 1.165) is 19.4 Å². The van der Waals surface area contributed by atoms with Crippen molar-refractivity contribution in [1.82, 2.24) is 0 Å². The molecule has 0 fully saturated rings. The van der Waals surface area contributed by atoms with E-state index in [1.165, 1.54) is 77.0 Å². The first-order valence-corrected chi connectivity index (χ1v) is 9.34. The van der Waals surface area contributed by atoms with Crippen LogP contribution in [-0.4, -0.2) is 17.8 Å². The van der Waals surface area contributed by atoms with Crippen molar-refractivity contribution in [3.8, 4) is 0 Å². The maximum Gasteiger partial charge on any atom is 0.0574 e. The normalized spacial score (nSPS) is 13.1. The van der Waals surface area contributed by atoms with Crippen LogP contribution in [-0.2, 0) is 0 Å². The Bertz CT molecular complexity index is 216. The second-order valence-electron chi connectivity index (χ2n) is 6.26. The first-order valence-electron chi connectivity index (χ1n) is 9.34. The van der Waals surface area contributed by atoms with Crippen LogP contribution in [0.15, 0.2) is 12.2 Å². The summed E-state index contributed by atoms with van der Waals surface area (Å²) in [5.41, 5.74) is 5.47. The van der Waals surface area contributed by atoms with E-state index in [2.05, 4.69) is 19.1 Å². The standard InChI is InChI=1S/C19H39NO/c1-2-3-4-13-16-19(21)17-14-11-9-7-5-6-8-10-12-15-18-20/h11,14,19,21H,2-10,12-13,15-18,20H2,1H3/b14-11+. The second-order valence-corrected chi connectivity index (χ2v) is 6.26. The molecule has 21 heavy (non-hydrogen) atoms. The summed E-state index contributed by atoms with van der Waals surface area (Å²) in [5.74, 6) is 0. The van der Waals surface area contributed by atoms with Crippen molar-refractivity contribution in [2.24, 2.45) is 5.73 Å². The van der Waals surface area contributed by atoms with E-state index in [0.29, 0.717) is 0 Å². The van der Waals surface area contributed by atoms with Crippen LogP contribution in [0.2, 0.25) is 0 Å². The topological polar surface area (TPSA) is 46.2 Å². The average Bonchev–Trinajstić information content (AvgIpc) is 2.49. The van der Waals surface area contributed by atoms with Crippen LogP contribution in [0.1, 0.15) is 96.8 Å². The molecule has 0 aliphatic carbocycles. The lowest BCUT2D eigenvalue weighted by Gasteiger charge is -2.07. The van der Waals surface area contributed by atoms with E-state index in [4.69, 9.17) is 5.73 Å². The van der Waals surface area contributed by atoms with Gasteiger partial charge in [0, 0.05) is 0 Å². The summed E-state index contributed by atoms with van der Waals surface area (Å²) >= 11 is 0. The zero-order chi connectivity index (χ0) is 15.6. The highest BCUT2D eigenvalue weighted by molar-refractivity contribution is 4.83. The summed E-state index contributed by atoms with van der Waals surface area (Å²) in [7, 11) is 0. The summed E-state index contributed by atoms with van der Waals surface area (Å²) in [6.45, 7) is 3.06. The smallest absolute Gasteiger partial charge is 0.0574 e. The Kier molecular flexibility index (Phi) is 17.4. The molecular weight excluding hydrogens is 258 g/mol. The number of aliphatic hydroxyl groups excluding tert-OH is 1. The van der Waals surface area contributed by atoms with Crippen molar-refractivity contribution < 1.29 is 5.11 Å². The minimum absolute atomic E-state index is 0.124. The van der Waals surface area contributed by atoms with Crippen molar-refractivity contribution in [3.05, 3.63) is 12.2 Å². The number of aliphatic hydroxyl groups is 1. The van der Waals surface area contributed by atoms with Crippen LogP contribution >= 0.6 is 0 Å². The minimum atomic E-state index is -0.124. The predicted octanol–water partition coefficient (Wildman–Crippen LogP) is 5.34. The first-order chi connectivity index (χ1) is 10.3. The minimum Gasteiger partial charge on any atom is -0.393 e. The number of rotatable bonds is 16. The van der Waals surface area contributed by atoms with Gasteiger partial charge in [-0.15, -0.1) is 0 Å². The van der Waals surface area contributed by atoms with Gasteiger partial charge in [-0.25, -0.2) is 0 Å². The summed E-state index contributed by atoms with van der Waals surface area (Å²) in [5, 5.41) is 9.83. The van der Waals surface area contributed by atoms with E-state index in [1.807, 2.05) is 0 Å². The van der Waals surface area contributed by atoms with Crippen molar-refractivity contribution in [2.45, 2.75) is 103 Å².